The molecule has 0 bridgehead atoms. The van der Waals surface area contributed by atoms with Crippen molar-refractivity contribution in [3.63, 3.8) is 0 Å². The van der Waals surface area contributed by atoms with Gasteiger partial charge in [-0.3, -0.25) is 9.59 Å². The van der Waals surface area contributed by atoms with Crippen LogP contribution in [0.15, 0.2) is 84.9 Å². The number of rotatable bonds is 12. The number of benzene rings is 4. The molecular weight excluding hydrogens is 599 g/mol. The van der Waals surface area contributed by atoms with E-state index in [0.717, 1.165) is 0 Å². The number of halogens is 2. The Morgan fingerprint density at radius 3 is 1.30 bits per heavy atom. The molecule has 220 valence electrons. The topological polar surface area (TPSA) is 151 Å². The second-order valence-electron chi connectivity index (χ2n) is 9.13. The largest absolute Gasteiger partial charge is 0.484 e. The van der Waals surface area contributed by atoms with Crippen molar-refractivity contribution in [1.29, 1.82) is 0 Å². The molecule has 0 saturated heterocycles. The van der Waals surface area contributed by atoms with Crippen molar-refractivity contribution in [2.45, 2.75) is 6.42 Å². The first-order chi connectivity index (χ1) is 20.6. The van der Waals surface area contributed by atoms with Gasteiger partial charge in [0.15, 0.2) is 13.2 Å². The molecule has 0 radical (unpaired) electrons. The fraction of sp³-hybridized carbons (Fsp3) is 0.0968. The SMILES string of the molecule is O=C(COc1ccc(Cl)cc1)Nc1ccc(Cc2ccc(NC(=O)COc3ccc(Cl)cc3)c(C(=O)O)c2)cc1C(=O)O. The molecule has 0 spiro atoms. The fourth-order valence-electron chi connectivity index (χ4n) is 3.94. The summed E-state index contributed by atoms with van der Waals surface area (Å²) in [6.07, 6.45) is 0.183. The van der Waals surface area contributed by atoms with Gasteiger partial charge in [-0.15, -0.1) is 0 Å². The first-order valence-corrected chi connectivity index (χ1v) is 13.4. The number of hydrogen-bond acceptors (Lipinski definition) is 6. The minimum absolute atomic E-state index is 0.0751. The van der Waals surface area contributed by atoms with Crippen LogP contribution in [0, 0.1) is 0 Å². The number of amides is 2. The van der Waals surface area contributed by atoms with Gasteiger partial charge >= 0.3 is 11.9 Å². The van der Waals surface area contributed by atoms with Crippen LogP contribution in [0.25, 0.3) is 0 Å². The number of aromatic carboxylic acids is 2. The lowest BCUT2D eigenvalue weighted by Gasteiger charge is -2.13. The smallest absolute Gasteiger partial charge is 0.337 e. The molecule has 0 aliphatic carbocycles. The molecule has 2 amide bonds. The van der Waals surface area contributed by atoms with Crippen molar-refractivity contribution in [2.24, 2.45) is 0 Å². The third kappa shape index (κ3) is 8.96. The number of nitrogens with one attached hydrogen (secondary N) is 2. The van der Waals surface area contributed by atoms with Crippen LogP contribution in [-0.2, 0) is 16.0 Å². The maximum absolute atomic E-state index is 12.4. The molecule has 43 heavy (non-hydrogen) atoms. The highest BCUT2D eigenvalue weighted by Gasteiger charge is 2.17. The molecule has 0 aliphatic rings. The number of carbonyl (C=O) groups is 4. The van der Waals surface area contributed by atoms with Crippen LogP contribution in [0.1, 0.15) is 31.8 Å². The summed E-state index contributed by atoms with van der Waals surface area (Å²) in [4.78, 5) is 48.6. The van der Waals surface area contributed by atoms with Crippen LogP contribution in [0.3, 0.4) is 0 Å². The van der Waals surface area contributed by atoms with E-state index in [9.17, 15) is 29.4 Å². The molecule has 4 N–H and O–H groups in total. The normalized spacial score (nSPS) is 10.5. The molecule has 4 rings (SSSR count). The van der Waals surface area contributed by atoms with Gasteiger partial charge in [-0.25, -0.2) is 9.59 Å². The highest BCUT2D eigenvalue weighted by Crippen LogP contribution is 2.24. The molecule has 0 aromatic heterocycles. The summed E-state index contributed by atoms with van der Waals surface area (Å²) in [6, 6.07) is 21.7. The Morgan fingerprint density at radius 2 is 0.953 bits per heavy atom. The Morgan fingerprint density at radius 1 is 0.581 bits per heavy atom. The fourth-order valence-corrected chi connectivity index (χ4v) is 4.19. The molecule has 0 unspecified atom stereocenters. The minimum atomic E-state index is -1.26. The van der Waals surface area contributed by atoms with Crippen molar-refractivity contribution < 1.29 is 38.9 Å². The zero-order chi connectivity index (χ0) is 30.9. The van der Waals surface area contributed by atoms with Crippen molar-refractivity contribution in [3.8, 4) is 11.5 Å². The summed E-state index contributed by atoms with van der Waals surface area (Å²) in [6.45, 7) is -0.701. The van der Waals surface area contributed by atoms with Crippen LogP contribution in [-0.4, -0.2) is 47.2 Å². The molecular formula is C31H24Cl2N2O8. The van der Waals surface area contributed by atoms with Crippen LogP contribution in [0.2, 0.25) is 10.0 Å². The van der Waals surface area contributed by atoms with E-state index in [0.29, 0.717) is 32.7 Å². The van der Waals surface area contributed by atoms with Gasteiger partial charge in [0.2, 0.25) is 0 Å². The monoisotopic (exact) mass is 622 g/mol. The maximum atomic E-state index is 12.4. The van der Waals surface area contributed by atoms with Crippen LogP contribution >= 0.6 is 23.2 Å². The van der Waals surface area contributed by atoms with E-state index >= 15 is 0 Å². The predicted octanol–water partition coefficient (Wildman–Crippen LogP) is 6.02. The average molecular weight is 623 g/mol. The van der Waals surface area contributed by atoms with Crippen molar-refractivity contribution >= 4 is 58.3 Å². The van der Waals surface area contributed by atoms with Gasteiger partial charge in [-0.05, 0) is 90.3 Å². The number of carboxylic acid groups (broad SMARTS) is 2. The zero-order valence-electron chi connectivity index (χ0n) is 22.3. The second-order valence-corrected chi connectivity index (χ2v) is 10.0. The zero-order valence-corrected chi connectivity index (χ0v) is 23.8. The highest BCUT2D eigenvalue weighted by atomic mass is 35.5. The summed E-state index contributed by atoms with van der Waals surface area (Å²) in [5, 5.41) is 25.6. The Balaban J connectivity index is 1.41. The Bertz CT molecular complexity index is 1530. The maximum Gasteiger partial charge on any atom is 0.337 e. The number of carbonyl (C=O) groups excluding carboxylic acids is 2. The Hall–Kier alpha value is -5.06. The highest BCUT2D eigenvalue weighted by molar-refractivity contribution is 6.30. The Labute approximate surface area is 255 Å². The third-order valence-electron chi connectivity index (χ3n) is 5.95. The quantitative estimate of drug-likeness (QED) is 0.150. The van der Waals surface area contributed by atoms with Crippen LogP contribution in [0.5, 0.6) is 11.5 Å². The van der Waals surface area contributed by atoms with E-state index in [1.54, 1.807) is 60.7 Å². The van der Waals surface area contributed by atoms with Gasteiger partial charge in [-0.2, -0.15) is 0 Å². The third-order valence-corrected chi connectivity index (χ3v) is 6.46. The van der Waals surface area contributed by atoms with Gasteiger partial charge < -0.3 is 30.3 Å². The standard InChI is InChI=1S/C31H24Cl2N2O8/c32-20-3-7-22(8-4-20)42-16-28(36)34-26-11-1-18(14-24(26)30(38)39)13-19-2-12-27(25(15-19)31(40)41)35-29(37)17-43-23-9-5-21(33)6-10-23/h1-12,14-15H,13,16-17H2,(H,34,36)(H,35,37)(H,38,39)(H,40,41). The van der Waals surface area contributed by atoms with Crippen molar-refractivity contribution in [3.05, 3.63) is 117 Å². The molecule has 0 aliphatic heterocycles. The average Bonchev–Trinajstić information content (AvgIpc) is 2.98. The summed E-state index contributed by atoms with van der Waals surface area (Å²) in [5.41, 5.74) is 0.951. The minimum Gasteiger partial charge on any atom is -0.484 e. The molecule has 0 heterocycles. The van der Waals surface area contributed by atoms with Gasteiger partial charge in [-0.1, -0.05) is 35.3 Å². The van der Waals surface area contributed by atoms with Crippen LogP contribution < -0.4 is 20.1 Å². The molecule has 12 heteroatoms. The summed E-state index contributed by atoms with van der Waals surface area (Å²) in [5.74, 6) is -2.81. The predicted molar refractivity (Wildman–Crippen MR) is 161 cm³/mol. The summed E-state index contributed by atoms with van der Waals surface area (Å²) >= 11 is 11.7. The van der Waals surface area contributed by atoms with Crippen molar-refractivity contribution in [1.82, 2.24) is 0 Å². The van der Waals surface area contributed by atoms with E-state index in [1.165, 1.54) is 24.3 Å². The molecule has 0 atom stereocenters. The molecule has 4 aromatic carbocycles. The first kappa shape index (κ1) is 30.9. The lowest BCUT2D eigenvalue weighted by Crippen LogP contribution is -2.22. The number of ether oxygens (including phenoxy) is 2. The van der Waals surface area contributed by atoms with Gasteiger partial charge in [0.05, 0.1) is 22.5 Å². The van der Waals surface area contributed by atoms with E-state index in [-0.39, 0.29) is 42.1 Å². The summed E-state index contributed by atoms with van der Waals surface area (Å²) < 4.78 is 10.8. The number of hydrogen-bond donors (Lipinski definition) is 4. The molecule has 0 saturated carbocycles. The number of carboxylic acids is 2. The van der Waals surface area contributed by atoms with Gasteiger partial charge in [0.1, 0.15) is 11.5 Å². The lowest BCUT2D eigenvalue weighted by atomic mass is 9.99. The summed E-state index contributed by atoms with van der Waals surface area (Å²) in [7, 11) is 0. The molecule has 4 aromatic rings. The van der Waals surface area contributed by atoms with E-state index < -0.39 is 23.8 Å². The van der Waals surface area contributed by atoms with E-state index in [1.807, 2.05) is 0 Å². The lowest BCUT2D eigenvalue weighted by molar-refractivity contribution is -0.118. The molecule has 0 fully saturated rings. The molecule has 10 nitrogen and oxygen atoms in total. The van der Waals surface area contributed by atoms with Crippen LogP contribution in [0.4, 0.5) is 11.4 Å². The van der Waals surface area contributed by atoms with E-state index in [4.69, 9.17) is 32.7 Å². The first-order valence-electron chi connectivity index (χ1n) is 12.7. The Kier molecular flexibility index (Phi) is 10.2. The van der Waals surface area contributed by atoms with Gasteiger partial charge in [0, 0.05) is 10.0 Å². The second kappa shape index (κ2) is 14.2. The van der Waals surface area contributed by atoms with E-state index in [2.05, 4.69) is 10.6 Å². The van der Waals surface area contributed by atoms with Crippen molar-refractivity contribution in [2.75, 3.05) is 23.8 Å². The number of anilines is 2. The van der Waals surface area contributed by atoms with Gasteiger partial charge in [0.25, 0.3) is 11.8 Å².